The molecule has 0 bridgehead atoms. The van der Waals surface area contributed by atoms with Gasteiger partial charge in [0, 0.05) is 19.3 Å². The van der Waals surface area contributed by atoms with Crippen molar-refractivity contribution in [2.45, 2.75) is 40.7 Å². The predicted molar refractivity (Wildman–Crippen MR) is 60.6 cm³/mol. The summed E-state index contributed by atoms with van der Waals surface area (Å²) in [5, 5.41) is 3.34. The van der Waals surface area contributed by atoms with Crippen LogP contribution in [-0.4, -0.2) is 16.1 Å². The first-order valence-electron chi connectivity index (χ1n) is 5.41. The van der Waals surface area contributed by atoms with E-state index in [1.807, 2.05) is 6.92 Å². The Morgan fingerprint density at radius 2 is 2.21 bits per heavy atom. The van der Waals surface area contributed by atoms with E-state index >= 15 is 0 Å². The van der Waals surface area contributed by atoms with Gasteiger partial charge in [-0.1, -0.05) is 20.8 Å². The van der Waals surface area contributed by atoms with Crippen LogP contribution in [-0.2, 0) is 6.54 Å². The molecule has 80 valence electrons. The number of hydrogen-bond donors (Lipinski definition) is 1. The van der Waals surface area contributed by atoms with Gasteiger partial charge >= 0.3 is 0 Å². The van der Waals surface area contributed by atoms with Crippen molar-refractivity contribution < 1.29 is 0 Å². The summed E-state index contributed by atoms with van der Waals surface area (Å²) in [5.41, 5.74) is 1.09. The highest BCUT2D eigenvalue weighted by molar-refractivity contribution is 5.28. The minimum atomic E-state index is 0.658. The second kappa shape index (κ2) is 5.03. The third-order valence-corrected chi connectivity index (χ3v) is 1.99. The molecule has 1 rings (SSSR count). The molecule has 0 amide bonds. The molecule has 0 aromatic carbocycles. The van der Waals surface area contributed by atoms with Gasteiger partial charge in [-0.25, -0.2) is 4.98 Å². The van der Waals surface area contributed by atoms with Crippen LogP contribution in [0.15, 0.2) is 6.20 Å². The fourth-order valence-corrected chi connectivity index (χ4v) is 1.46. The van der Waals surface area contributed by atoms with Gasteiger partial charge in [-0.3, -0.25) is 0 Å². The van der Waals surface area contributed by atoms with Gasteiger partial charge in [0.25, 0.3) is 0 Å². The largest absolute Gasteiger partial charge is 0.356 e. The molecule has 0 saturated heterocycles. The fourth-order valence-electron chi connectivity index (χ4n) is 1.46. The zero-order chi connectivity index (χ0) is 10.6. The van der Waals surface area contributed by atoms with Gasteiger partial charge in [-0.2, -0.15) is 0 Å². The van der Waals surface area contributed by atoms with Crippen molar-refractivity contribution in [2.75, 3.05) is 11.9 Å². The highest BCUT2D eigenvalue weighted by Crippen LogP contribution is 2.11. The Bertz CT molecular complexity index is 276. The molecule has 0 spiro atoms. The van der Waals surface area contributed by atoms with Crippen LogP contribution in [0.25, 0.3) is 0 Å². The summed E-state index contributed by atoms with van der Waals surface area (Å²) >= 11 is 0. The SMILES string of the molecule is CCCNc1nc(C)cn1CC(C)C. The maximum absolute atomic E-state index is 4.45. The number of anilines is 1. The Balaban J connectivity index is 2.69. The van der Waals surface area contributed by atoms with Crippen LogP contribution >= 0.6 is 0 Å². The number of nitrogens with zero attached hydrogens (tertiary/aromatic N) is 2. The molecule has 1 aromatic rings. The van der Waals surface area contributed by atoms with E-state index in [-0.39, 0.29) is 0 Å². The van der Waals surface area contributed by atoms with E-state index in [2.05, 4.69) is 41.8 Å². The van der Waals surface area contributed by atoms with E-state index < -0.39 is 0 Å². The average molecular weight is 195 g/mol. The number of rotatable bonds is 5. The molecule has 1 N–H and O–H groups in total. The maximum atomic E-state index is 4.45. The van der Waals surface area contributed by atoms with Crippen molar-refractivity contribution in [2.24, 2.45) is 5.92 Å². The number of nitrogens with one attached hydrogen (secondary N) is 1. The van der Waals surface area contributed by atoms with Crippen molar-refractivity contribution >= 4 is 5.95 Å². The lowest BCUT2D eigenvalue weighted by Gasteiger charge is -2.10. The van der Waals surface area contributed by atoms with Crippen LogP contribution in [0.1, 0.15) is 32.9 Å². The monoisotopic (exact) mass is 195 g/mol. The summed E-state index contributed by atoms with van der Waals surface area (Å²) in [4.78, 5) is 4.45. The summed E-state index contributed by atoms with van der Waals surface area (Å²) in [6.07, 6.45) is 3.24. The normalized spacial score (nSPS) is 10.9. The topological polar surface area (TPSA) is 29.9 Å². The molecule has 1 aromatic heterocycles. The van der Waals surface area contributed by atoms with Crippen molar-refractivity contribution in [1.29, 1.82) is 0 Å². The van der Waals surface area contributed by atoms with Gasteiger partial charge in [-0.15, -0.1) is 0 Å². The lowest BCUT2D eigenvalue weighted by atomic mass is 10.2. The Hall–Kier alpha value is -0.990. The number of hydrogen-bond acceptors (Lipinski definition) is 2. The molecule has 3 nitrogen and oxygen atoms in total. The van der Waals surface area contributed by atoms with E-state index in [0.29, 0.717) is 5.92 Å². The molecular weight excluding hydrogens is 174 g/mol. The van der Waals surface area contributed by atoms with Crippen molar-refractivity contribution in [3.8, 4) is 0 Å². The molecule has 0 unspecified atom stereocenters. The number of aryl methyl sites for hydroxylation is 1. The van der Waals surface area contributed by atoms with Gasteiger partial charge in [0.1, 0.15) is 0 Å². The summed E-state index contributed by atoms with van der Waals surface area (Å²) in [7, 11) is 0. The van der Waals surface area contributed by atoms with Crippen LogP contribution in [0.3, 0.4) is 0 Å². The molecule has 3 heteroatoms. The predicted octanol–water partition coefficient (Wildman–Crippen LogP) is 2.67. The molecule has 0 aliphatic rings. The zero-order valence-electron chi connectivity index (χ0n) is 9.67. The molecule has 1 heterocycles. The van der Waals surface area contributed by atoms with Crippen molar-refractivity contribution in [1.82, 2.24) is 9.55 Å². The first-order chi connectivity index (χ1) is 6.63. The second-order valence-corrected chi connectivity index (χ2v) is 4.18. The van der Waals surface area contributed by atoms with E-state index in [1.165, 1.54) is 0 Å². The highest BCUT2D eigenvalue weighted by Gasteiger charge is 2.05. The van der Waals surface area contributed by atoms with E-state index in [1.54, 1.807) is 0 Å². The molecule has 0 saturated carbocycles. The molecule has 14 heavy (non-hydrogen) atoms. The molecule has 0 atom stereocenters. The smallest absolute Gasteiger partial charge is 0.203 e. The van der Waals surface area contributed by atoms with Crippen molar-refractivity contribution in [3.05, 3.63) is 11.9 Å². The molecule has 0 fully saturated rings. The Kier molecular flexibility index (Phi) is 3.98. The fraction of sp³-hybridized carbons (Fsp3) is 0.727. The first-order valence-corrected chi connectivity index (χ1v) is 5.41. The van der Waals surface area contributed by atoms with Gasteiger partial charge in [-0.05, 0) is 19.3 Å². The van der Waals surface area contributed by atoms with Crippen LogP contribution in [0, 0.1) is 12.8 Å². The summed E-state index contributed by atoms with van der Waals surface area (Å²) in [5.74, 6) is 1.67. The van der Waals surface area contributed by atoms with Gasteiger partial charge in [0.05, 0.1) is 5.69 Å². The minimum absolute atomic E-state index is 0.658. The number of aromatic nitrogens is 2. The third kappa shape index (κ3) is 3.05. The molecule has 0 aliphatic heterocycles. The van der Waals surface area contributed by atoms with E-state index in [9.17, 15) is 0 Å². The van der Waals surface area contributed by atoms with Crippen LogP contribution in [0.5, 0.6) is 0 Å². The standard InChI is InChI=1S/C11H21N3/c1-5-6-12-11-13-10(4)8-14(11)7-9(2)3/h8-9H,5-7H2,1-4H3,(H,12,13). The average Bonchev–Trinajstić information content (AvgIpc) is 2.41. The van der Waals surface area contributed by atoms with Gasteiger partial charge in [0.15, 0.2) is 0 Å². The minimum Gasteiger partial charge on any atom is -0.356 e. The Labute approximate surface area is 86.5 Å². The van der Waals surface area contributed by atoms with Crippen LogP contribution < -0.4 is 5.32 Å². The second-order valence-electron chi connectivity index (χ2n) is 4.18. The summed E-state index contributed by atoms with van der Waals surface area (Å²) in [6.45, 7) is 10.7. The lowest BCUT2D eigenvalue weighted by Crippen LogP contribution is -2.10. The molecular formula is C11H21N3. The maximum Gasteiger partial charge on any atom is 0.203 e. The summed E-state index contributed by atoms with van der Waals surface area (Å²) in [6, 6.07) is 0. The summed E-state index contributed by atoms with van der Waals surface area (Å²) < 4.78 is 2.20. The van der Waals surface area contributed by atoms with Crippen molar-refractivity contribution in [3.63, 3.8) is 0 Å². The molecule has 0 aliphatic carbocycles. The molecule has 0 radical (unpaired) electrons. The third-order valence-electron chi connectivity index (χ3n) is 1.99. The number of imidazole rings is 1. The van der Waals surface area contributed by atoms with E-state index in [4.69, 9.17) is 0 Å². The van der Waals surface area contributed by atoms with Crippen LogP contribution in [0.4, 0.5) is 5.95 Å². The quantitative estimate of drug-likeness (QED) is 0.782. The van der Waals surface area contributed by atoms with Gasteiger partial charge < -0.3 is 9.88 Å². The Morgan fingerprint density at radius 3 is 2.79 bits per heavy atom. The van der Waals surface area contributed by atoms with Crippen LogP contribution in [0.2, 0.25) is 0 Å². The first kappa shape index (κ1) is 11.1. The zero-order valence-corrected chi connectivity index (χ0v) is 9.67. The van der Waals surface area contributed by atoms with E-state index in [0.717, 1.165) is 31.2 Å². The lowest BCUT2D eigenvalue weighted by molar-refractivity contribution is 0.526. The van der Waals surface area contributed by atoms with Gasteiger partial charge in [0.2, 0.25) is 5.95 Å². The highest BCUT2D eigenvalue weighted by atomic mass is 15.2. The Morgan fingerprint density at radius 1 is 1.50 bits per heavy atom.